The van der Waals surface area contributed by atoms with Crippen molar-refractivity contribution in [3.05, 3.63) is 0 Å². The summed E-state index contributed by atoms with van der Waals surface area (Å²) in [5.74, 6) is 0.783. The lowest BCUT2D eigenvalue weighted by Crippen LogP contribution is -2.59. The van der Waals surface area contributed by atoms with Crippen LogP contribution in [0.15, 0.2) is 0 Å². The molecule has 20 heavy (non-hydrogen) atoms. The summed E-state index contributed by atoms with van der Waals surface area (Å²) in [4.78, 5) is 5.34. The largest absolute Gasteiger partial charge is 0.329 e. The Morgan fingerprint density at radius 1 is 1.30 bits per heavy atom. The average molecular weight is 281 g/mol. The molecule has 2 aliphatic rings. The van der Waals surface area contributed by atoms with E-state index in [1.54, 1.807) is 0 Å². The van der Waals surface area contributed by atoms with Crippen molar-refractivity contribution < 1.29 is 0 Å². The molecule has 0 aromatic carbocycles. The lowest BCUT2D eigenvalue weighted by atomic mass is 9.90. The Labute approximate surface area is 125 Å². The van der Waals surface area contributed by atoms with Gasteiger partial charge in [0.15, 0.2) is 0 Å². The first-order valence-corrected chi connectivity index (χ1v) is 8.65. The Balaban J connectivity index is 2.14. The minimum absolute atomic E-state index is 0.234. The third-order valence-electron chi connectivity index (χ3n) is 5.67. The molecule has 118 valence electrons. The van der Waals surface area contributed by atoms with Crippen molar-refractivity contribution in [3.63, 3.8) is 0 Å². The van der Waals surface area contributed by atoms with Crippen LogP contribution in [0.5, 0.6) is 0 Å². The van der Waals surface area contributed by atoms with Crippen LogP contribution >= 0.6 is 0 Å². The van der Waals surface area contributed by atoms with E-state index in [1.165, 1.54) is 45.1 Å². The first-order valence-electron chi connectivity index (χ1n) is 8.65. The maximum Gasteiger partial charge on any atom is 0.0476 e. The van der Waals surface area contributed by atoms with Gasteiger partial charge in [-0.1, -0.05) is 26.7 Å². The van der Waals surface area contributed by atoms with Crippen LogP contribution in [0.3, 0.4) is 0 Å². The van der Waals surface area contributed by atoms with Crippen LogP contribution in [-0.2, 0) is 0 Å². The van der Waals surface area contributed by atoms with Gasteiger partial charge >= 0.3 is 0 Å². The highest BCUT2D eigenvalue weighted by Gasteiger charge is 2.46. The zero-order valence-electron chi connectivity index (χ0n) is 14.1. The van der Waals surface area contributed by atoms with Gasteiger partial charge in [-0.2, -0.15) is 0 Å². The van der Waals surface area contributed by atoms with Crippen LogP contribution in [-0.4, -0.2) is 54.1 Å². The summed E-state index contributed by atoms with van der Waals surface area (Å²) in [6.45, 7) is 10.2. The van der Waals surface area contributed by atoms with E-state index in [9.17, 15) is 0 Å². The van der Waals surface area contributed by atoms with E-state index in [4.69, 9.17) is 5.73 Å². The predicted molar refractivity (Wildman–Crippen MR) is 86.9 cm³/mol. The van der Waals surface area contributed by atoms with Crippen molar-refractivity contribution in [2.45, 2.75) is 76.9 Å². The number of hydrogen-bond donors (Lipinski definition) is 1. The molecule has 2 rings (SSSR count). The zero-order valence-corrected chi connectivity index (χ0v) is 14.1. The maximum atomic E-state index is 6.30. The smallest absolute Gasteiger partial charge is 0.0476 e. The Bertz CT molecular complexity index is 287. The number of nitrogens with two attached hydrogens (primary N) is 1. The molecule has 2 N–H and O–H groups in total. The van der Waals surface area contributed by atoms with Crippen molar-refractivity contribution >= 4 is 0 Å². The molecule has 1 saturated carbocycles. The van der Waals surface area contributed by atoms with Gasteiger partial charge in [0.25, 0.3) is 0 Å². The minimum Gasteiger partial charge on any atom is -0.329 e. The van der Waals surface area contributed by atoms with Gasteiger partial charge in [0, 0.05) is 30.7 Å². The molecule has 3 heteroatoms. The van der Waals surface area contributed by atoms with Crippen LogP contribution < -0.4 is 5.73 Å². The molecule has 2 atom stereocenters. The summed E-state index contributed by atoms with van der Waals surface area (Å²) in [7, 11) is 2.26. The molecule has 3 nitrogen and oxygen atoms in total. The van der Waals surface area contributed by atoms with E-state index in [1.807, 2.05) is 0 Å². The van der Waals surface area contributed by atoms with E-state index in [-0.39, 0.29) is 5.54 Å². The molecule has 1 saturated heterocycles. The first-order chi connectivity index (χ1) is 9.48. The van der Waals surface area contributed by atoms with Crippen molar-refractivity contribution in [2.24, 2.45) is 11.7 Å². The van der Waals surface area contributed by atoms with E-state index in [0.29, 0.717) is 6.04 Å². The number of nitrogens with zero attached hydrogens (tertiary/aromatic N) is 2. The van der Waals surface area contributed by atoms with Crippen LogP contribution in [0.2, 0.25) is 0 Å². The maximum absolute atomic E-state index is 6.30. The minimum atomic E-state index is 0.234. The van der Waals surface area contributed by atoms with E-state index >= 15 is 0 Å². The summed E-state index contributed by atoms with van der Waals surface area (Å²) in [5, 5.41) is 0. The summed E-state index contributed by atoms with van der Waals surface area (Å²) in [5.41, 5.74) is 6.53. The fourth-order valence-electron chi connectivity index (χ4n) is 4.28. The second-order valence-corrected chi connectivity index (χ2v) is 7.71. The van der Waals surface area contributed by atoms with Gasteiger partial charge in [0.2, 0.25) is 0 Å². The van der Waals surface area contributed by atoms with E-state index < -0.39 is 0 Å². The highest BCUT2D eigenvalue weighted by atomic mass is 15.3. The van der Waals surface area contributed by atoms with Crippen molar-refractivity contribution in [2.75, 3.05) is 26.7 Å². The normalized spacial score (nSPS) is 32.9. The third kappa shape index (κ3) is 3.37. The standard InChI is InChI=1S/C17H35N3/c1-14(2)9-10-20(16-7-5-6-8-16)17(12-18)11-15(3)19(4)13-17/h14-16H,5-13,18H2,1-4H3. The summed E-state index contributed by atoms with van der Waals surface area (Å²) in [6.07, 6.45) is 8.14. The van der Waals surface area contributed by atoms with Crippen LogP contribution in [0.4, 0.5) is 0 Å². The lowest BCUT2D eigenvalue weighted by Gasteiger charge is -2.45. The molecule has 1 aliphatic carbocycles. The van der Waals surface area contributed by atoms with Crippen molar-refractivity contribution in [3.8, 4) is 0 Å². The SMILES string of the molecule is CC(C)CCN(C1CCCC1)C1(CN)CC(C)N(C)C1. The molecular weight excluding hydrogens is 246 g/mol. The fourth-order valence-corrected chi connectivity index (χ4v) is 4.28. The molecule has 0 amide bonds. The van der Waals surface area contributed by atoms with E-state index in [2.05, 4.69) is 37.6 Å². The Morgan fingerprint density at radius 3 is 2.40 bits per heavy atom. The molecule has 0 bridgehead atoms. The van der Waals surface area contributed by atoms with E-state index in [0.717, 1.165) is 25.0 Å². The monoisotopic (exact) mass is 281 g/mol. The summed E-state index contributed by atoms with van der Waals surface area (Å²) >= 11 is 0. The van der Waals surface area contributed by atoms with Gasteiger partial charge in [-0.15, -0.1) is 0 Å². The number of likely N-dealkylation sites (N-methyl/N-ethyl adjacent to an activating group) is 1. The molecule has 0 spiro atoms. The number of hydrogen-bond acceptors (Lipinski definition) is 3. The number of rotatable bonds is 6. The zero-order chi connectivity index (χ0) is 14.8. The van der Waals surface area contributed by atoms with Gasteiger partial charge in [-0.3, -0.25) is 4.90 Å². The molecule has 2 unspecified atom stereocenters. The molecule has 1 heterocycles. The fraction of sp³-hybridized carbons (Fsp3) is 1.00. The third-order valence-corrected chi connectivity index (χ3v) is 5.67. The molecule has 0 radical (unpaired) electrons. The average Bonchev–Trinajstić information content (AvgIpc) is 3.00. The Kier molecular flexibility index (Phi) is 5.49. The first kappa shape index (κ1) is 16.3. The van der Waals surface area contributed by atoms with Crippen LogP contribution in [0.1, 0.15) is 59.3 Å². The van der Waals surface area contributed by atoms with Gasteiger partial charge in [0.1, 0.15) is 0 Å². The second-order valence-electron chi connectivity index (χ2n) is 7.71. The van der Waals surface area contributed by atoms with Gasteiger partial charge in [-0.05, 0) is 52.1 Å². The summed E-state index contributed by atoms with van der Waals surface area (Å²) in [6, 6.07) is 1.46. The van der Waals surface area contributed by atoms with Gasteiger partial charge < -0.3 is 10.6 Å². The van der Waals surface area contributed by atoms with Crippen LogP contribution in [0.25, 0.3) is 0 Å². The van der Waals surface area contributed by atoms with Crippen molar-refractivity contribution in [1.29, 1.82) is 0 Å². The summed E-state index contributed by atoms with van der Waals surface area (Å²) < 4.78 is 0. The molecular formula is C17H35N3. The quantitative estimate of drug-likeness (QED) is 0.812. The Morgan fingerprint density at radius 2 is 1.95 bits per heavy atom. The predicted octanol–water partition coefficient (Wildman–Crippen LogP) is 2.70. The molecule has 0 aromatic heterocycles. The van der Waals surface area contributed by atoms with Crippen LogP contribution in [0, 0.1) is 5.92 Å². The molecule has 0 aromatic rings. The second kappa shape index (κ2) is 6.76. The highest BCUT2D eigenvalue weighted by Crippen LogP contribution is 2.37. The number of likely N-dealkylation sites (tertiary alicyclic amines) is 1. The highest BCUT2D eigenvalue weighted by molar-refractivity contribution is 5.04. The molecule has 2 fully saturated rings. The molecule has 1 aliphatic heterocycles. The van der Waals surface area contributed by atoms with Gasteiger partial charge in [-0.25, -0.2) is 0 Å². The van der Waals surface area contributed by atoms with Crippen molar-refractivity contribution in [1.82, 2.24) is 9.80 Å². The topological polar surface area (TPSA) is 32.5 Å². The Hall–Kier alpha value is -0.120. The lowest BCUT2D eigenvalue weighted by molar-refractivity contribution is 0.0516. The van der Waals surface area contributed by atoms with Gasteiger partial charge in [0.05, 0.1) is 0 Å².